The van der Waals surface area contributed by atoms with Crippen LogP contribution in [-0.2, 0) is 9.53 Å². The van der Waals surface area contributed by atoms with Gasteiger partial charge in [0, 0.05) is 18.3 Å². The molecule has 0 saturated carbocycles. The van der Waals surface area contributed by atoms with E-state index in [1.807, 2.05) is 26.0 Å². The lowest BCUT2D eigenvalue weighted by molar-refractivity contribution is -0.119. The van der Waals surface area contributed by atoms with E-state index in [1.54, 1.807) is 30.3 Å². The van der Waals surface area contributed by atoms with Crippen LogP contribution >= 0.6 is 0 Å². The fourth-order valence-electron chi connectivity index (χ4n) is 3.81. The van der Waals surface area contributed by atoms with Gasteiger partial charge in [0.25, 0.3) is 23.6 Å². The monoisotopic (exact) mass is 485 g/mol. The van der Waals surface area contributed by atoms with Crippen LogP contribution in [0, 0.1) is 13.8 Å². The number of amides is 4. The predicted octanol–water partition coefficient (Wildman–Crippen LogP) is 3.26. The molecule has 0 aromatic heterocycles. The number of nitrogens with zero attached hydrogens (tertiary/aromatic N) is 1. The van der Waals surface area contributed by atoms with Crippen LogP contribution in [-0.4, -0.2) is 43.3 Å². The van der Waals surface area contributed by atoms with E-state index in [4.69, 9.17) is 4.74 Å². The SMILES string of the molecule is CNC(=O)c1ccc(NC(=O)COC(=O)c2ccc3c(c2)C(=O)N(c2cc(C)ccc2C)C3=O)cc1. The van der Waals surface area contributed by atoms with Gasteiger partial charge in [0.1, 0.15) is 0 Å². The number of hydrogen-bond donors (Lipinski definition) is 2. The molecule has 9 heteroatoms. The van der Waals surface area contributed by atoms with Crippen molar-refractivity contribution in [1.82, 2.24) is 5.32 Å². The zero-order chi connectivity index (χ0) is 26.0. The Bertz CT molecular complexity index is 1410. The van der Waals surface area contributed by atoms with Gasteiger partial charge in [-0.05, 0) is 73.5 Å². The summed E-state index contributed by atoms with van der Waals surface area (Å²) in [6.07, 6.45) is 0. The molecule has 0 saturated heterocycles. The molecule has 0 fully saturated rings. The van der Waals surface area contributed by atoms with E-state index in [9.17, 15) is 24.0 Å². The summed E-state index contributed by atoms with van der Waals surface area (Å²) in [5, 5.41) is 5.07. The average molecular weight is 485 g/mol. The molecule has 0 unspecified atom stereocenters. The smallest absolute Gasteiger partial charge is 0.338 e. The van der Waals surface area contributed by atoms with Gasteiger partial charge in [0.2, 0.25) is 0 Å². The van der Waals surface area contributed by atoms with Crippen molar-refractivity contribution >= 4 is 41.0 Å². The normalized spacial score (nSPS) is 12.2. The highest BCUT2D eigenvalue weighted by Crippen LogP contribution is 2.31. The van der Waals surface area contributed by atoms with E-state index in [-0.39, 0.29) is 22.6 Å². The van der Waals surface area contributed by atoms with Crippen molar-refractivity contribution in [3.63, 3.8) is 0 Å². The summed E-state index contributed by atoms with van der Waals surface area (Å²) in [7, 11) is 1.52. The first kappa shape index (κ1) is 24.3. The molecule has 2 N–H and O–H groups in total. The van der Waals surface area contributed by atoms with Crippen LogP contribution in [0.1, 0.15) is 52.6 Å². The van der Waals surface area contributed by atoms with Gasteiger partial charge in [-0.15, -0.1) is 0 Å². The molecule has 4 rings (SSSR count). The fraction of sp³-hybridized carbons (Fsp3) is 0.148. The van der Waals surface area contributed by atoms with E-state index in [0.717, 1.165) is 16.0 Å². The summed E-state index contributed by atoms with van der Waals surface area (Å²) in [5.41, 5.74) is 3.35. The number of ether oxygens (including phenoxy) is 1. The molecule has 4 amide bonds. The number of benzene rings is 3. The molecule has 1 heterocycles. The second-order valence-electron chi connectivity index (χ2n) is 8.28. The van der Waals surface area contributed by atoms with Crippen molar-refractivity contribution < 1.29 is 28.7 Å². The van der Waals surface area contributed by atoms with Crippen LogP contribution in [0.25, 0.3) is 0 Å². The molecule has 0 aliphatic carbocycles. The van der Waals surface area contributed by atoms with Crippen LogP contribution in [0.2, 0.25) is 0 Å². The maximum absolute atomic E-state index is 13.1. The largest absolute Gasteiger partial charge is 0.452 e. The van der Waals surface area contributed by atoms with Crippen molar-refractivity contribution in [3.8, 4) is 0 Å². The van der Waals surface area contributed by atoms with Gasteiger partial charge < -0.3 is 15.4 Å². The van der Waals surface area contributed by atoms with Gasteiger partial charge in [0.15, 0.2) is 6.61 Å². The van der Waals surface area contributed by atoms with E-state index < -0.39 is 30.3 Å². The summed E-state index contributed by atoms with van der Waals surface area (Å²) in [5.74, 6) is -2.65. The molecule has 3 aromatic rings. The molecule has 1 aliphatic heterocycles. The van der Waals surface area contributed by atoms with Crippen LogP contribution in [0.4, 0.5) is 11.4 Å². The van der Waals surface area contributed by atoms with Gasteiger partial charge in [0.05, 0.1) is 22.4 Å². The first-order chi connectivity index (χ1) is 17.2. The third kappa shape index (κ3) is 4.72. The van der Waals surface area contributed by atoms with Crippen molar-refractivity contribution in [1.29, 1.82) is 0 Å². The first-order valence-electron chi connectivity index (χ1n) is 11.1. The third-order valence-corrected chi connectivity index (χ3v) is 5.72. The number of aryl methyl sites for hydroxylation is 2. The second kappa shape index (κ2) is 9.83. The van der Waals surface area contributed by atoms with Crippen molar-refractivity contribution in [2.75, 3.05) is 23.9 Å². The molecule has 9 nitrogen and oxygen atoms in total. The number of hydrogen-bond acceptors (Lipinski definition) is 6. The third-order valence-electron chi connectivity index (χ3n) is 5.72. The van der Waals surface area contributed by atoms with Gasteiger partial charge >= 0.3 is 5.97 Å². The lowest BCUT2D eigenvalue weighted by atomic mass is 10.1. The minimum Gasteiger partial charge on any atom is -0.452 e. The molecule has 0 radical (unpaired) electrons. The lowest BCUT2D eigenvalue weighted by Gasteiger charge is -2.17. The number of esters is 1. The number of rotatable bonds is 6. The minimum absolute atomic E-state index is 0.0421. The topological polar surface area (TPSA) is 122 Å². The van der Waals surface area contributed by atoms with Crippen LogP contribution in [0.3, 0.4) is 0 Å². The van der Waals surface area contributed by atoms with E-state index in [2.05, 4.69) is 10.6 Å². The molecule has 3 aromatic carbocycles. The van der Waals surface area contributed by atoms with Gasteiger partial charge in [-0.1, -0.05) is 12.1 Å². The summed E-state index contributed by atoms with van der Waals surface area (Å²) in [6, 6.07) is 15.8. The number of carbonyl (C=O) groups excluding carboxylic acids is 5. The van der Waals surface area contributed by atoms with Crippen molar-refractivity contribution in [3.05, 3.63) is 94.0 Å². The number of anilines is 2. The van der Waals surface area contributed by atoms with E-state index in [0.29, 0.717) is 16.9 Å². The molecule has 182 valence electrons. The zero-order valence-electron chi connectivity index (χ0n) is 19.9. The minimum atomic E-state index is -0.812. The number of carbonyl (C=O) groups is 5. The Balaban J connectivity index is 1.42. The zero-order valence-corrected chi connectivity index (χ0v) is 19.9. The summed E-state index contributed by atoms with van der Waals surface area (Å²) >= 11 is 0. The number of fused-ring (bicyclic) bond motifs is 1. The summed E-state index contributed by atoms with van der Waals surface area (Å²) in [4.78, 5) is 63.4. The molecule has 36 heavy (non-hydrogen) atoms. The average Bonchev–Trinajstić information content (AvgIpc) is 3.13. The quantitative estimate of drug-likeness (QED) is 0.408. The lowest BCUT2D eigenvalue weighted by Crippen LogP contribution is -2.30. The van der Waals surface area contributed by atoms with Gasteiger partial charge in [-0.25, -0.2) is 9.69 Å². The Hall–Kier alpha value is -4.79. The Morgan fingerprint density at radius 2 is 1.50 bits per heavy atom. The van der Waals surface area contributed by atoms with Gasteiger partial charge in [-0.2, -0.15) is 0 Å². The van der Waals surface area contributed by atoms with E-state index in [1.165, 1.54) is 25.2 Å². The molecule has 0 spiro atoms. The highest BCUT2D eigenvalue weighted by Gasteiger charge is 2.38. The summed E-state index contributed by atoms with van der Waals surface area (Å²) in [6.45, 7) is 3.11. The standard InChI is InChI=1S/C27H23N3O6/c1-15-4-5-16(2)22(12-15)30-25(33)20-11-8-18(13-21(20)26(30)34)27(35)36-14-23(31)29-19-9-6-17(7-10-19)24(32)28-3/h4-13H,14H2,1-3H3,(H,28,32)(H,29,31). The van der Waals surface area contributed by atoms with Crippen molar-refractivity contribution in [2.45, 2.75) is 13.8 Å². The first-order valence-corrected chi connectivity index (χ1v) is 11.1. The maximum Gasteiger partial charge on any atom is 0.338 e. The molecule has 0 atom stereocenters. The molecule has 0 bridgehead atoms. The van der Waals surface area contributed by atoms with E-state index >= 15 is 0 Å². The highest BCUT2D eigenvalue weighted by molar-refractivity contribution is 6.35. The Labute approximate surface area is 207 Å². The Morgan fingerprint density at radius 1 is 0.833 bits per heavy atom. The van der Waals surface area contributed by atoms with Crippen molar-refractivity contribution in [2.24, 2.45) is 0 Å². The second-order valence-corrected chi connectivity index (χ2v) is 8.28. The Morgan fingerprint density at radius 3 is 2.19 bits per heavy atom. The summed E-state index contributed by atoms with van der Waals surface area (Å²) < 4.78 is 5.08. The molecular formula is C27H23N3O6. The highest BCUT2D eigenvalue weighted by atomic mass is 16.5. The maximum atomic E-state index is 13.1. The van der Waals surface area contributed by atoms with Crippen LogP contribution in [0.5, 0.6) is 0 Å². The Kier molecular flexibility index (Phi) is 6.64. The number of nitrogens with one attached hydrogen (secondary N) is 2. The molecule has 1 aliphatic rings. The van der Waals surface area contributed by atoms with Crippen LogP contribution in [0.15, 0.2) is 60.7 Å². The number of imide groups is 1. The van der Waals surface area contributed by atoms with Gasteiger partial charge in [-0.3, -0.25) is 19.2 Å². The predicted molar refractivity (Wildman–Crippen MR) is 132 cm³/mol. The fourth-order valence-corrected chi connectivity index (χ4v) is 3.81. The molecular weight excluding hydrogens is 462 g/mol. The van der Waals surface area contributed by atoms with Crippen LogP contribution < -0.4 is 15.5 Å².